The van der Waals surface area contributed by atoms with Gasteiger partial charge in [0.05, 0.1) is 11.4 Å². The van der Waals surface area contributed by atoms with Gasteiger partial charge in [0.15, 0.2) is 5.16 Å². The molecule has 2 aromatic heterocycles. The number of H-pyrrole nitrogens is 1. The fourth-order valence-corrected chi connectivity index (χ4v) is 1.71. The van der Waals surface area contributed by atoms with Gasteiger partial charge < -0.3 is 16.5 Å². The van der Waals surface area contributed by atoms with E-state index in [9.17, 15) is 0 Å². The summed E-state index contributed by atoms with van der Waals surface area (Å²) in [7, 11) is 0. The van der Waals surface area contributed by atoms with Gasteiger partial charge >= 0.3 is 0 Å². The maximum absolute atomic E-state index is 5.75. The van der Waals surface area contributed by atoms with E-state index in [0.717, 1.165) is 5.16 Å². The second-order valence-corrected chi connectivity index (χ2v) is 3.59. The lowest BCUT2D eigenvalue weighted by Gasteiger charge is -2.03. The van der Waals surface area contributed by atoms with Crippen molar-refractivity contribution in [2.45, 2.75) is 10.2 Å². The number of pyridine rings is 1. The molecule has 0 saturated carbocycles. The van der Waals surface area contributed by atoms with E-state index >= 15 is 0 Å². The van der Waals surface area contributed by atoms with Gasteiger partial charge in [-0.1, -0.05) is 0 Å². The molecular formula is C8H9N5S. The van der Waals surface area contributed by atoms with Gasteiger partial charge in [0, 0.05) is 18.6 Å². The van der Waals surface area contributed by atoms with Crippen LogP contribution < -0.4 is 11.5 Å². The Morgan fingerprint density at radius 1 is 1.21 bits per heavy atom. The van der Waals surface area contributed by atoms with Crippen LogP contribution >= 0.6 is 11.8 Å². The van der Waals surface area contributed by atoms with Crippen LogP contribution in [0.4, 0.5) is 11.4 Å². The van der Waals surface area contributed by atoms with Crippen molar-refractivity contribution < 1.29 is 0 Å². The molecule has 0 amide bonds. The molecule has 0 aliphatic carbocycles. The van der Waals surface area contributed by atoms with Crippen molar-refractivity contribution in [3.05, 3.63) is 24.7 Å². The molecule has 0 spiro atoms. The number of anilines is 2. The van der Waals surface area contributed by atoms with Crippen molar-refractivity contribution in [2.24, 2.45) is 0 Å². The molecule has 2 rings (SSSR count). The minimum absolute atomic E-state index is 0.494. The molecule has 0 aliphatic rings. The predicted molar refractivity (Wildman–Crippen MR) is 55.8 cm³/mol. The molecule has 0 atom stereocenters. The maximum atomic E-state index is 5.75. The molecule has 6 heteroatoms. The Morgan fingerprint density at radius 3 is 2.79 bits per heavy atom. The Morgan fingerprint density at radius 2 is 2.07 bits per heavy atom. The quantitative estimate of drug-likeness (QED) is 0.686. The highest BCUT2D eigenvalue weighted by Crippen LogP contribution is 2.30. The van der Waals surface area contributed by atoms with E-state index in [0.29, 0.717) is 16.4 Å². The van der Waals surface area contributed by atoms with Gasteiger partial charge in [0.25, 0.3) is 0 Å². The largest absolute Gasteiger partial charge is 0.397 e. The standard InChI is InChI=1S/C8H9N5S/c9-5-1-2-11-7(6(5)10)14-8-12-3-4-13-8/h1-4H,10H2,(H2,9,11)(H,12,13). The van der Waals surface area contributed by atoms with Crippen molar-refractivity contribution >= 4 is 23.1 Å². The highest BCUT2D eigenvalue weighted by molar-refractivity contribution is 7.99. The van der Waals surface area contributed by atoms with Gasteiger partial charge in [0.2, 0.25) is 0 Å². The summed E-state index contributed by atoms with van der Waals surface area (Å²) < 4.78 is 0. The lowest BCUT2D eigenvalue weighted by Crippen LogP contribution is -1.98. The zero-order chi connectivity index (χ0) is 9.97. The minimum Gasteiger partial charge on any atom is -0.397 e. The number of nitrogens with one attached hydrogen (secondary N) is 1. The number of nitrogens with two attached hydrogens (primary N) is 2. The summed E-state index contributed by atoms with van der Waals surface area (Å²) in [6, 6.07) is 1.67. The van der Waals surface area contributed by atoms with E-state index in [1.807, 2.05) is 0 Å². The van der Waals surface area contributed by atoms with Crippen LogP contribution in [0.15, 0.2) is 34.8 Å². The van der Waals surface area contributed by atoms with Crippen LogP contribution in [0.3, 0.4) is 0 Å². The maximum Gasteiger partial charge on any atom is 0.171 e. The van der Waals surface area contributed by atoms with Crippen molar-refractivity contribution in [1.82, 2.24) is 15.0 Å². The molecule has 0 aliphatic heterocycles. The van der Waals surface area contributed by atoms with E-state index in [-0.39, 0.29) is 0 Å². The topological polar surface area (TPSA) is 93.6 Å². The first-order chi connectivity index (χ1) is 6.77. The average Bonchev–Trinajstić information content (AvgIpc) is 2.66. The summed E-state index contributed by atoms with van der Waals surface area (Å²) in [5.41, 5.74) is 12.4. The molecule has 14 heavy (non-hydrogen) atoms. The lowest BCUT2D eigenvalue weighted by molar-refractivity contribution is 1.04. The van der Waals surface area contributed by atoms with E-state index in [4.69, 9.17) is 11.5 Å². The summed E-state index contributed by atoms with van der Waals surface area (Å²) in [6.07, 6.45) is 5.03. The first kappa shape index (κ1) is 8.89. The lowest BCUT2D eigenvalue weighted by atomic mass is 10.4. The highest BCUT2D eigenvalue weighted by atomic mass is 32.2. The summed E-state index contributed by atoms with van der Waals surface area (Å²) in [5.74, 6) is 0. The van der Waals surface area contributed by atoms with Gasteiger partial charge in [0.1, 0.15) is 5.03 Å². The third-order valence-electron chi connectivity index (χ3n) is 1.65. The molecule has 0 bridgehead atoms. The monoisotopic (exact) mass is 207 g/mol. The Hall–Kier alpha value is -1.69. The van der Waals surface area contributed by atoms with Crippen LogP contribution in [0.25, 0.3) is 0 Å². The van der Waals surface area contributed by atoms with Gasteiger partial charge in [-0.05, 0) is 17.8 Å². The summed E-state index contributed by atoms with van der Waals surface area (Å²) in [5, 5.41) is 1.41. The molecule has 2 aromatic rings. The van der Waals surface area contributed by atoms with E-state index in [1.54, 1.807) is 24.7 Å². The van der Waals surface area contributed by atoms with Crippen LogP contribution in [-0.4, -0.2) is 15.0 Å². The number of hydrogen-bond donors (Lipinski definition) is 3. The summed E-state index contributed by atoms with van der Waals surface area (Å²) >= 11 is 1.35. The highest BCUT2D eigenvalue weighted by Gasteiger charge is 2.06. The predicted octanol–water partition coefficient (Wildman–Crippen LogP) is 1.12. The first-order valence-corrected chi connectivity index (χ1v) is 4.76. The number of aromatic nitrogens is 3. The zero-order valence-corrected chi connectivity index (χ0v) is 8.08. The first-order valence-electron chi connectivity index (χ1n) is 3.94. The molecule has 0 unspecified atom stereocenters. The van der Waals surface area contributed by atoms with E-state index in [1.165, 1.54) is 11.8 Å². The van der Waals surface area contributed by atoms with Crippen molar-refractivity contribution in [1.29, 1.82) is 0 Å². The average molecular weight is 207 g/mol. The smallest absolute Gasteiger partial charge is 0.171 e. The van der Waals surface area contributed by atoms with Gasteiger partial charge in [-0.15, -0.1) is 0 Å². The van der Waals surface area contributed by atoms with Crippen LogP contribution in [-0.2, 0) is 0 Å². The number of nitrogen functional groups attached to an aromatic ring is 2. The molecule has 0 fully saturated rings. The minimum atomic E-state index is 0.494. The normalized spacial score (nSPS) is 10.3. The molecule has 5 N–H and O–H groups in total. The summed E-state index contributed by atoms with van der Waals surface area (Å²) in [6.45, 7) is 0. The number of imidazole rings is 1. The SMILES string of the molecule is Nc1ccnc(Sc2ncc[nH]2)c1N. The number of rotatable bonds is 2. The third-order valence-corrected chi connectivity index (χ3v) is 2.59. The molecular weight excluding hydrogens is 198 g/mol. The second kappa shape index (κ2) is 3.59. The van der Waals surface area contributed by atoms with Gasteiger partial charge in [-0.2, -0.15) is 0 Å². The molecule has 2 heterocycles. The third kappa shape index (κ3) is 1.64. The fraction of sp³-hybridized carbons (Fsp3) is 0. The van der Waals surface area contributed by atoms with Crippen LogP contribution in [0.2, 0.25) is 0 Å². The van der Waals surface area contributed by atoms with E-state index in [2.05, 4.69) is 15.0 Å². The van der Waals surface area contributed by atoms with Gasteiger partial charge in [-0.25, -0.2) is 9.97 Å². The Balaban J connectivity index is 2.29. The van der Waals surface area contributed by atoms with E-state index < -0.39 is 0 Å². The zero-order valence-electron chi connectivity index (χ0n) is 7.27. The second-order valence-electron chi connectivity index (χ2n) is 2.62. The fourth-order valence-electron chi connectivity index (χ4n) is 0.948. The Labute approximate surface area is 84.9 Å². The van der Waals surface area contributed by atoms with Crippen LogP contribution in [0.1, 0.15) is 0 Å². The Kier molecular flexibility index (Phi) is 2.28. The van der Waals surface area contributed by atoms with Crippen molar-refractivity contribution in [2.75, 3.05) is 11.5 Å². The number of hydrogen-bond acceptors (Lipinski definition) is 5. The number of aromatic amines is 1. The van der Waals surface area contributed by atoms with Crippen molar-refractivity contribution in [3.63, 3.8) is 0 Å². The molecule has 72 valence electrons. The Bertz CT molecular complexity index is 425. The van der Waals surface area contributed by atoms with Crippen LogP contribution in [0.5, 0.6) is 0 Å². The van der Waals surface area contributed by atoms with Crippen LogP contribution in [0, 0.1) is 0 Å². The van der Waals surface area contributed by atoms with Gasteiger partial charge in [-0.3, -0.25) is 0 Å². The molecule has 5 nitrogen and oxygen atoms in total. The molecule has 0 radical (unpaired) electrons. The van der Waals surface area contributed by atoms with Crippen molar-refractivity contribution in [3.8, 4) is 0 Å². The molecule has 0 aromatic carbocycles. The molecule has 0 saturated heterocycles. The summed E-state index contributed by atoms with van der Waals surface area (Å²) in [4.78, 5) is 11.1. The number of nitrogens with zero attached hydrogens (tertiary/aromatic N) is 2.